The molecule has 106 valence electrons. The van der Waals surface area contributed by atoms with Crippen LogP contribution in [0.3, 0.4) is 0 Å². The fourth-order valence-corrected chi connectivity index (χ4v) is 2.22. The summed E-state index contributed by atoms with van der Waals surface area (Å²) >= 11 is 0. The molecule has 0 amide bonds. The third kappa shape index (κ3) is 3.84. The largest absolute Gasteiger partial charge is 0.493 e. The van der Waals surface area contributed by atoms with Crippen LogP contribution in [-0.4, -0.2) is 13.7 Å². The Morgan fingerprint density at radius 3 is 2.55 bits per heavy atom. The van der Waals surface area contributed by atoms with Crippen LogP contribution in [-0.2, 0) is 6.42 Å². The minimum absolute atomic E-state index is 0.293. The number of nitrogens with one attached hydrogen (secondary N) is 1. The molecule has 2 heteroatoms. The van der Waals surface area contributed by atoms with Gasteiger partial charge in [-0.25, -0.2) is 0 Å². The van der Waals surface area contributed by atoms with Gasteiger partial charge in [-0.1, -0.05) is 48.0 Å². The number of aryl methyl sites for hydroxylation is 1. The molecule has 0 saturated heterocycles. The molecule has 2 aromatic rings. The van der Waals surface area contributed by atoms with Crippen molar-refractivity contribution in [1.82, 2.24) is 5.32 Å². The minimum atomic E-state index is 0.293. The number of hydrogen-bond acceptors (Lipinski definition) is 2. The van der Waals surface area contributed by atoms with Crippen LogP contribution in [0.25, 0.3) is 0 Å². The predicted molar refractivity (Wildman–Crippen MR) is 84.3 cm³/mol. The predicted octanol–water partition coefficient (Wildman–Crippen LogP) is 3.90. The van der Waals surface area contributed by atoms with E-state index in [-0.39, 0.29) is 0 Å². The molecule has 2 rings (SSSR count). The Morgan fingerprint density at radius 1 is 1.10 bits per heavy atom. The van der Waals surface area contributed by atoms with E-state index in [1.165, 1.54) is 16.7 Å². The second kappa shape index (κ2) is 7.11. The first-order valence-electron chi connectivity index (χ1n) is 7.15. The summed E-state index contributed by atoms with van der Waals surface area (Å²) in [7, 11) is 1.97. The monoisotopic (exact) mass is 269 g/mol. The lowest BCUT2D eigenvalue weighted by atomic mass is 10.0. The van der Waals surface area contributed by atoms with Gasteiger partial charge in [-0.3, -0.25) is 0 Å². The maximum atomic E-state index is 5.98. The zero-order valence-corrected chi connectivity index (χ0v) is 12.5. The Balaban J connectivity index is 2.02. The van der Waals surface area contributed by atoms with Crippen molar-refractivity contribution in [3.63, 3.8) is 0 Å². The molecule has 1 N–H and O–H groups in total. The smallest absolute Gasteiger partial charge is 0.124 e. The second-order valence-corrected chi connectivity index (χ2v) is 5.14. The molecule has 0 fully saturated rings. The molecular weight excluding hydrogens is 246 g/mol. The Labute approximate surface area is 121 Å². The first kappa shape index (κ1) is 14.6. The Morgan fingerprint density at radius 2 is 1.85 bits per heavy atom. The highest BCUT2D eigenvalue weighted by Gasteiger charge is 2.10. The third-order valence-electron chi connectivity index (χ3n) is 3.56. The summed E-state index contributed by atoms with van der Waals surface area (Å²) in [6, 6.07) is 17.1. The van der Waals surface area contributed by atoms with Gasteiger partial charge in [-0.15, -0.1) is 0 Å². The summed E-state index contributed by atoms with van der Waals surface area (Å²) in [5.41, 5.74) is 3.79. The Kier molecular flexibility index (Phi) is 5.19. The average Bonchev–Trinajstić information content (AvgIpc) is 2.49. The maximum absolute atomic E-state index is 5.98. The summed E-state index contributed by atoms with van der Waals surface area (Å²) in [6.45, 7) is 4.97. The lowest BCUT2D eigenvalue weighted by Gasteiger charge is -2.17. The zero-order valence-electron chi connectivity index (χ0n) is 12.5. The van der Waals surface area contributed by atoms with Gasteiger partial charge in [-0.2, -0.15) is 0 Å². The molecule has 2 nitrogen and oxygen atoms in total. The summed E-state index contributed by atoms with van der Waals surface area (Å²) < 4.78 is 5.98. The fourth-order valence-electron chi connectivity index (χ4n) is 2.22. The fraction of sp³-hybridized carbons (Fsp3) is 0.333. The zero-order chi connectivity index (χ0) is 14.4. The number of benzene rings is 2. The Bertz CT molecular complexity index is 536. The molecule has 0 bridgehead atoms. The second-order valence-electron chi connectivity index (χ2n) is 5.14. The molecule has 0 aromatic heterocycles. The van der Waals surface area contributed by atoms with Crippen LogP contribution in [0.4, 0.5) is 0 Å². The highest BCUT2D eigenvalue weighted by Crippen LogP contribution is 2.26. The lowest BCUT2D eigenvalue weighted by Crippen LogP contribution is -2.14. The molecule has 2 aromatic carbocycles. The number of hydrogen-bond donors (Lipinski definition) is 1. The number of ether oxygens (including phenoxy) is 1. The van der Waals surface area contributed by atoms with Gasteiger partial charge in [0, 0.05) is 18.0 Å². The summed E-state index contributed by atoms with van der Waals surface area (Å²) in [5.74, 6) is 0.980. The van der Waals surface area contributed by atoms with E-state index in [1.807, 2.05) is 13.1 Å². The highest BCUT2D eigenvalue weighted by molar-refractivity contribution is 5.39. The van der Waals surface area contributed by atoms with E-state index in [4.69, 9.17) is 4.74 Å². The van der Waals surface area contributed by atoms with Crippen LogP contribution in [0, 0.1) is 6.92 Å². The van der Waals surface area contributed by atoms with Crippen LogP contribution in [0.15, 0.2) is 48.5 Å². The van der Waals surface area contributed by atoms with Gasteiger partial charge in [0.2, 0.25) is 0 Å². The minimum Gasteiger partial charge on any atom is -0.493 e. The summed E-state index contributed by atoms with van der Waals surface area (Å²) in [5, 5.41) is 3.28. The lowest BCUT2D eigenvalue weighted by molar-refractivity contribution is 0.315. The molecule has 0 spiro atoms. The van der Waals surface area contributed by atoms with Crippen LogP contribution >= 0.6 is 0 Å². The molecule has 0 heterocycles. The van der Waals surface area contributed by atoms with Gasteiger partial charge in [0.15, 0.2) is 0 Å². The molecule has 0 saturated carbocycles. The standard InChI is InChI=1S/C18H23NO/c1-14-9-10-18(17(13-14)15(2)19-3)20-12-11-16-7-5-4-6-8-16/h4-10,13,15,19H,11-12H2,1-3H3. The Hall–Kier alpha value is -1.80. The highest BCUT2D eigenvalue weighted by atomic mass is 16.5. The van der Waals surface area contributed by atoms with E-state index in [9.17, 15) is 0 Å². The van der Waals surface area contributed by atoms with Crippen LogP contribution < -0.4 is 10.1 Å². The number of rotatable bonds is 6. The van der Waals surface area contributed by atoms with E-state index in [0.29, 0.717) is 12.6 Å². The van der Waals surface area contributed by atoms with Gasteiger partial charge in [-0.05, 0) is 32.5 Å². The van der Waals surface area contributed by atoms with Gasteiger partial charge < -0.3 is 10.1 Å². The van der Waals surface area contributed by atoms with E-state index in [1.54, 1.807) is 0 Å². The third-order valence-corrected chi connectivity index (χ3v) is 3.56. The van der Waals surface area contributed by atoms with E-state index in [0.717, 1.165) is 12.2 Å². The topological polar surface area (TPSA) is 21.3 Å². The maximum Gasteiger partial charge on any atom is 0.124 e. The molecular formula is C18H23NO. The normalized spacial score (nSPS) is 12.2. The van der Waals surface area contributed by atoms with Crippen molar-refractivity contribution >= 4 is 0 Å². The van der Waals surface area contributed by atoms with E-state index >= 15 is 0 Å². The van der Waals surface area contributed by atoms with Gasteiger partial charge in [0.1, 0.15) is 5.75 Å². The molecule has 0 radical (unpaired) electrons. The van der Waals surface area contributed by atoms with Crippen LogP contribution in [0.2, 0.25) is 0 Å². The van der Waals surface area contributed by atoms with E-state index in [2.05, 4.69) is 61.6 Å². The van der Waals surface area contributed by atoms with Crippen molar-refractivity contribution in [2.24, 2.45) is 0 Å². The molecule has 1 unspecified atom stereocenters. The summed E-state index contributed by atoms with van der Waals surface area (Å²) in [4.78, 5) is 0. The van der Waals surface area contributed by atoms with Crippen molar-refractivity contribution in [3.05, 3.63) is 65.2 Å². The van der Waals surface area contributed by atoms with Crippen LogP contribution in [0.5, 0.6) is 5.75 Å². The van der Waals surface area contributed by atoms with Gasteiger partial charge in [0.05, 0.1) is 6.61 Å². The first-order chi connectivity index (χ1) is 9.70. The first-order valence-corrected chi connectivity index (χ1v) is 7.15. The average molecular weight is 269 g/mol. The molecule has 20 heavy (non-hydrogen) atoms. The van der Waals surface area contributed by atoms with Gasteiger partial charge >= 0.3 is 0 Å². The van der Waals surface area contributed by atoms with Crippen molar-refractivity contribution < 1.29 is 4.74 Å². The molecule has 0 aliphatic heterocycles. The van der Waals surface area contributed by atoms with Crippen molar-refractivity contribution in [3.8, 4) is 5.75 Å². The molecule has 1 atom stereocenters. The van der Waals surface area contributed by atoms with E-state index < -0.39 is 0 Å². The molecule has 0 aliphatic carbocycles. The van der Waals surface area contributed by atoms with Gasteiger partial charge in [0.25, 0.3) is 0 Å². The van der Waals surface area contributed by atoms with Crippen molar-refractivity contribution in [2.45, 2.75) is 26.3 Å². The summed E-state index contributed by atoms with van der Waals surface area (Å²) in [6.07, 6.45) is 0.933. The van der Waals surface area contributed by atoms with Crippen molar-refractivity contribution in [1.29, 1.82) is 0 Å². The van der Waals surface area contributed by atoms with Crippen molar-refractivity contribution in [2.75, 3.05) is 13.7 Å². The van der Waals surface area contributed by atoms with Crippen LogP contribution in [0.1, 0.15) is 29.7 Å². The quantitative estimate of drug-likeness (QED) is 0.859. The molecule has 0 aliphatic rings. The SMILES string of the molecule is CNC(C)c1cc(C)ccc1OCCc1ccccc1.